The Morgan fingerprint density at radius 3 is 2.43 bits per heavy atom. The predicted molar refractivity (Wildman–Crippen MR) is 143 cm³/mol. The van der Waals surface area contributed by atoms with E-state index >= 15 is 0 Å². The number of nitrogens with zero attached hydrogens (tertiary/aromatic N) is 2. The van der Waals surface area contributed by atoms with E-state index < -0.39 is 16.6 Å². The molecule has 0 saturated heterocycles. The molecule has 0 aliphatic heterocycles. The number of amides is 1. The molecular weight excluding hydrogens is 472 g/mol. The molecule has 190 valence electrons. The highest BCUT2D eigenvalue weighted by Crippen LogP contribution is 2.33. The van der Waals surface area contributed by atoms with Crippen LogP contribution in [-0.4, -0.2) is 39.0 Å². The fourth-order valence-corrected chi connectivity index (χ4v) is 3.87. The first-order valence-corrected chi connectivity index (χ1v) is 11.8. The van der Waals surface area contributed by atoms with E-state index in [9.17, 15) is 20.0 Å². The van der Waals surface area contributed by atoms with Gasteiger partial charge in [0.25, 0.3) is 5.69 Å². The van der Waals surface area contributed by atoms with Gasteiger partial charge in [-0.05, 0) is 51.0 Å². The van der Waals surface area contributed by atoms with Crippen molar-refractivity contribution in [3.63, 3.8) is 0 Å². The normalized spacial score (nSPS) is 11.9. The van der Waals surface area contributed by atoms with E-state index in [4.69, 9.17) is 9.73 Å². The summed E-state index contributed by atoms with van der Waals surface area (Å²) in [5.74, 6) is -0.122. The molecule has 1 amide bonds. The van der Waals surface area contributed by atoms with Crippen molar-refractivity contribution in [1.82, 2.24) is 10.3 Å². The number of rotatable bonds is 7. The Hall–Kier alpha value is -4.66. The number of H-pyrrole nitrogens is 1. The van der Waals surface area contributed by atoms with Crippen LogP contribution in [-0.2, 0) is 11.2 Å². The van der Waals surface area contributed by atoms with Crippen LogP contribution in [0, 0.1) is 10.1 Å². The number of aromatic nitrogens is 1. The molecule has 0 bridgehead atoms. The van der Waals surface area contributed by atoms with Gasteiger partial charge in [0.1, 0.15) is 5.60 Å². The fourth-order valence-electron chi connectivity index (χ4n) is 3.87. The lowest BCUT2D eigenvalue weighted by Gasteiger charge is -2.19. The molecule has 0 unspecified atom stereocenters. The number of benzene rings is 3. The van der Waals surface area contributed by atoms with Crippen LogP contribution in [0.3, 0.4) is 0 Å². The van der Waals surface area contributed by atoms with Crippen LogP contribution in [0.4, 0.5) is 16.2 Å². The molecule has 0 aliphatic carbocycles. The zero-order valence-electron chi connectivity index (χ0n) is 20.8. The maximum absolute atomic E-state index is 11.8. The first-order chi connectivity index (χ1) is 17.6. The zero-order chi connectivity index (χ0) is 26.6. The lowest BCUT2D eigenvalue weighted by molar-refractivity contribution is -0.384. The minimum Gasteiger partial charge on any atom is -0.494 e. The minimum absolute atomic E-state index is 0.0792. The maximum Gasteiger partial charge on any atom is 0.407 e. The van der Waals surface area contributed by atoms with Gasteiger partial charge in [-0.1, -0.05) is 42.5 Å². The number of aromatic amines is 1. The van der Waals surface area contributed by atoms with Gasteiger partial charge in [0.2, 0.25) is 0 Å². The van der Waals surface area contributed by atoms with Crippen molar-refractivity contribution in [2.45, 2.75) is 32.8 Å². The van der Waals surface area contributed by atoms with E-state index in [1.54, 1.807) is 6.07 Å². The summed E-state index contributed by atoms with van der Waals surface area (Å²) in [6, 6.07) is 21.2. The summed E-state index contributed by atoms with van der Waals surface area (Å²) in [4.78, 5) is 30.5. The number of alkyl carbamates (subject to hydrolysis) is 1. The van der Waals surface area contributed by atoms with Crippen LogP contribution in [0.5, 0.6) is 5.88 Å². The highest BCUT2D eigenvalue weighted by molar-refractivity contribution is 6.22. The Morgan fingerprint density at radius 2 is 1.78 bits per heavy atom. The molecule has 1 aromatic heterocycles. The van der Waals surface area contributed by atoms with Gasteiger partial charge in [-0.2, -0.15) is 0 Å². The number of aromatic hydroxyl groups is 1. The number of ether oxygens (including phenoxy) is 1. The van der Waals surface area contributed by atoms with Gasteiger partial charge < -0.3 is 20.1 Å². The van der Waals surface area contributed by atoms with Crippen LogP contribution in [0.15, 0.2) is 77.8 Å². The number of aliphatic imine (C=N–C) groups is 1. The predicted octanol–water partition coefficient (Wildman–Crippen LogP) is 6.02. The molecule has 37 heavy (non-hydrogen) atoms. The van der Waals surface area contributed by atoms with Crippen LogP contribution >= 0.6 is 0 Å². The lowest BCUT2D eigenvalue weighted by Crippen LogP contribution is -2.33. The summed E-state index contributed by atoms with van der Waals surface area (Å²) in [6.07, 6.45) is 0.154. The third kappa shape index (κ3) is 6.32. The van der Waals surface area contributed by atoms with Crippen molar-refractivity contribution in [3.8, 4) is 5.88 Å². The molecule has 3 aromatic carbocycles. The number of carbonyl (C=O) groups is 1. The van der Waals surface area contributed by atoms with Gasteiger partial charge in [-0.25, -0.2) is 9.79 Å². The van der Waals surface area contributed by atoms with Crippen molar-refractivity contribution in [1.29, 1.82) is 0 Å². The van der Waals surface area contributed by atoms with E-state index in [-0.39, 0.29) is 11.6 Å². The zero-order valence-corrected chi connectivity index (χ0v) is 20.8. The van der Waals surface area contributed by atoms with Crippen LogP contribution in [0.25, 0.3) is 10.9 Å². The Bertz CT molecular complexity index is 1450. The summed E-state index contributed by atoms with van der Waals surface area (Å²) in [6.45, 7) is 5.86. The quantitative estimate of drug-likeness (QED) is 0.162. The molecule has 0 aliphatic rings. The molecular formula is C28H28N4O5. The summed E-state index contributed by atoms with van der Waals surface area (Å²) < 4.78 is 5.25. The number of hydrogen-bond donors (Lipinski definition) is 3. The van der Waals surface area contributed by atoms with Crippen molar-refractivity contribution in [2.75, 3.05) is 6.54 Å². The first-order valence-electron chi connectivity index (χ1n) is 11.8. The molecule has 0 radical (unpaired) electrons. The average Bonchev–Trinajstić information content (AvgIpc) is 3.17. The number of nitro benzene ring substituents is 1. The van der Waals surface area contributed by atoms with E-state index in [0.29, 0.717) is 40.8 Å². The van der Waals surface area contributed by atoms with E-state index in [1.807, 2.05) is 75.4 Å². The number of nitro groups is 1. The lowest BCUT2D eigenvalue weighted by atomic mass is 10.0. The number of non-ortho nitro benzene ring substituents is 1. The van der Waals surface area contributed by atoms with Crippen LogP contribution in [0.1, 0.15) is 37.5 Å². The Labute approximate surface area is 214 Å². The van der Waals surface area contributed by atoms with Crippen LogP contribution < -0.4 is 5.32 Å². The maximum atomic E-state index is 11.8. The smallest absolute Gasteiger partial charge is 0.407 e. The molecule has 0 fully saturated rings. The van der Waals surface area contributed by atoms with Crippen molar-refractivity contribution in [3.05, 3.63) is 99.6 Å². The number of hydrogen-bond acceptors (Lipinski definition) is 6. The summed E-state index contributed by atoms with van der Waals surface area (Å²) >= 11 is 0. The third-order valence-electron chi connectivity index (χ3n) is 5.52. The van der Waals surface area contributed by atoms with Gasteiger partial charge in [-0.15, -0.1) is 0 Å². The summed E-state index contributed by atoms with van der Waals surface area (Å²) in [5, 5.41) is 25.4. The second-order valence-corrected chi connectivity index (χ2v) is 9.51. The molecule has 9 nitrogen and oxygen atoms in total. The monoisotopic (exact) mass is 500 g/mol. The molecule has 1 heterocycles. The van der Waals surface area contributed by atoms with Crippen molar-refractivity contribution < 1.29 is 19.6 Å². The SMILES string of the molecule is CC(C)(C)OC(=O)NCCc1ccc(N=C(c2ccccc2)c2c(O)[nH]c3ccc([N+](=O)[O-])cc23)cc1. The number of carbonyl (C=O) groups excluding carboxylic acids is 1. The standard InChI is InChI=1S/C28H28N4O5/c1-28(2,3)37-27(34)29-16-15-18-9-11-20(12-10-18)30-25(19-7-5-4-6-8-19)24-22-17-21(32(35)36)13-14-23(22)31-26(24)33/h4-14,17,31,33H,15-16H2,1-3H3,(H,29,34). The molecule has 0 saturated carbocycles. The van der Waals surface area contributed by atoms with Gasteiger partial charge >= 0.3 is 6.09 Å². The van der Waals surface area contributed by atoms with Gasteiger partial charge in [-0.3, -0.25) is 10.1 Å². The van der Waals surface area contributed by atoms with E-state index in [2.05, 4.69) is 10.3 Å². The fraction of sp³-hybridized carbons (Fsp3) is 0.214. The first kappa shape index (κ1) is 25.4. The van der Waals surface area contributed by atoms with Gasteiger partial charge in [0, 0.05) is 35.1 Å². The third-order valence-corrected chi connectivity index (χ3v) is 5.52. The van der Waals surface area contributed by atoms with Crippen LogP contribution in [0.2, 0.25) is 0 Å². The molecule has 3 N–H and O–H groups in total. The molecule has 9 heteroatoms. The Morgan fingerprint density at radius 1 is 1.08 bits per heavy atom. The molecule has 4 rings (SSSR count). The molecule has 4 aromatic rings. The minimum atomic E-state index is -0.551. The largest absolute Gasteiger partial charge is 0.494 e. The average molecular weight is 501 g/mol. The topological polar surface area (TPSA) is 130 Å². The molecule has 0 spiro atoms. The second-order valence-electron chi connectivity index (χ2n) is 9.51. The van der Waals surface area contributed by atoms with E-state index in [1.165, 1.54) is 12.1 Å². The summed E-state index contributed by atoms with van der Waals surface area (Å²) in [5.41, 5.74) is 3.18. The van der Waals surface area contributed by atoms with Gasteiger partial charge in [0.05, 0.1) is 21.9 Å². The molecule has 0 atom stereocenters. The summed E-state index contributed by atoms with van der Waals surface area (Å²) in [7, 11) is 0. The van der Waals surface area contributed by atoms with Crippen molar-refractivity contribution >= 4 is 34.1 Å². The number of nitrogens with one attached hydrogen (secondary N) is 2. The Balaban J connectivity index is 1.63. The highest BCUT2D eigenvalue weighted by Gasteiger charge is 2.21. The highest BCUT2D eigenvalue weighted by atomic mass is 16.6. The second kappa shape index (κ2) is 10.5. The number of fused-ring (bicyclic) bond motifs is 1. The van der Waals surface area contributed by atoms with E-state index in [0.717, 1.165) is 11.1 Å². The van der Waals surface area contributed by atoms with Gasteiger partial charge in [0.15, 0.2) is 5.88 Å². The Kier molecular flexibility index (Phi) is 7.24. The van der Waals surface area contributed by atoms with Crippen molar-refractivity contribution in [2.24, 2.45) is 4.99 Å².